The van der Waals surface area contributed by atoms with E-state index in [1.165, 1.54) is 12.3 Å². The Morgan fingerprint density at radius 1 is 0.559 bits per heavy atom. The van der Waals surface area contributed by atoms with Gasteiger partial charge >= 0.3 is 0 Å². The zero-order chi connectivity index (χ0) is 55.3. The maximum atomic E-state index is 11.9. The molecule has 296 valence electrons. The van der Waals surface area contributed by atoms with Gasteiger partial charge in [-0.05, 0) is 117 Å². The highest BCUT2D eigenvalue weighted by molar-refractivity contribution is 5.97. The second-order valence-corrected chi connectivity index (χ2v) is 17.0. The number of hydrogen-bond acceptors (Lipinski definition) is 3. The lowest BCUT2D eigenvalue weighted by Gasteiger charge is -2.23. The fourth-order valence-electron chi connectivity index (χ4n) is 7.32. The SMILES string of the molecule is [2H]c1c([2H])c(C([2H])([2H])[2H])c([2H])c([2H])c1-c1ccnc(-c2cc(-c3cccc4c3nc(-c3cc(C(C([2H])([2H])[2H])(C([2H])([2H])[2H])C([2H])([2H])[2H])ccc3O)n4-c3ccc(C(C)(C)C)cc3-c3ccccc3)cc(C(C)(C)C)c2)c1. The number of fused-ring (bicyclic) bond motifs is 1. The molecule has 0 aliphatic carbocycles. The minimum atomic E-state index is -3.59. The molecule has 59 heavy (non-hydrogen) atoms. The molecule has 0 saturated heterocycles. The number of imidazole rings is 1. The van der Waals surface area contributed by atoms with Crippen LogP contribution in [0.15, 0.2) is 146 Å². The molecule has 4 nitrogen and oxygen atoms in total. The standard InChI is InChI=1S/C55H55N3O/c1-35-19-21-36(22-20-35)38-27-28-56-47(32-38)40-29-39(30-43(31-40)55(8,9)10)44-17-14-18-49-51(44)57-52(46-34-42(54(5,6)7)24-26-50(46)59)58(49)48-25-23-41(53(2,3)4)33-45(48)37-15-12-11-13-16-37/h11-34,59H,1-10H3/i1D3,5D3,6D3,7D3,19D,20D,21D,22D. The van der Waals surface area contributed by atoms with Crippen LogP contribution in [0, 0.1) is 6.85 Å². The zero-order valence-electron chi connectivity index (χ0n) is 49.8. The van der Waals surface area contributed by atoms with Gasteiger partial charge in [0, 0.05) is 39.3 Å². The lowest BCUT2D eigenvalue weighted by Crippen LogP contribution is -2.12. The van der Waals surface area contributed by atoms with Crippen molar-refractivity contribution in [1.29, 1.82) is 0 Å². The van der Waals surface area contributed by atoms with E-state index in [0.717, 1.165) is 40.5 Å². The third-order valence-electron chi connectivity index (χ3n) is 10.6. The van der Waals surface area contributed by atoms with Crippen LogP contribution in [-0.4, -0.2) is 19.6 Å². The minimum Gasteiger partial charge on any atom is -0.507 e. The zero-order valence-corrected chi connectivity index (χ0v) is 33.8. The average molecular weight is 790 g/mol. The molecule has 0 aliphatic heterocycles. The molecule has 0 amide bonds. The number of hydrogen-bond donors (Lipinski definition) is 1. The first-order valence-electron chi connectivity index (χ1n) is 27.4. The fraction of sp³-hybridized carbons (Fsp3) is 0.236. The number of aromatic hydroxyl groups is 1. The number of rotatable bonds is 6. The van der Waals surface area contributed by atoms with E-state index in [1.807, 2.05) is 99.6 Å². The van der Waals surface area contributed by atoms with Crippen molar-refractivity contribution in [2.45, 2.75) is 85.2 Å². The van der Waals surface area contributed by atoms with Gasteiger partial charge in [0.25, 0.3) is 0 Å². The summed E-state index contributed by atoms with van der Waals surface area (Å²) in [6, 6.07) is 30.9. The third-order valence-corrected chi connectivity index (χ3v) is 10.6. The Bertz CT molecular complexity index is 3460. The number of aromatic nitrogens is 3. The van der Waals surface area contributed by atoms with Crippen LogP contribution in [0.1, 0.15) is 106 Å². The number of phenols is 1. The molecule has 0 unspecified atom stereocenters. The van der Waals surface area contributed by atoms with Crippen molar-refractivity contribution < 1.29 is 27.0 Å². The second kappa shape index (κ2) is 14.8. The Morgan fingerprint density at radius 2 is 1.25 bits per heavy atom. The van der Waals surface area contributed by atoms with Crippen molar-refractivity contribution in [3.8, 4) is 67.5 Å². The van der Waals surface area contributed by atoms with E-state index in [-0.39, 0.29) is 27.9 Å². The van der Waals surface area contributed by atoms with Crippen molar-refractivity contribution in [1.82, 2.24) is 14.5 Å². The molecule has 0 fully saturated rings. The summed E-state index contributed by atoms with van der Waals surface area (Å²) < 4.78 is 137. The van der Waals surface area contributed by atoms with Crippen LogP contribution in [0.25, 0.3) is 72.7 Å². The van der Waals surface area contributed by atoms with Crippen LogP contribution >= 0.6 is 0 Å². The normalized spacial score (nSPS) is 17.1. The van der Waals surface area contributed by atoms with E-state index >= 15 is 0 Å². The van der Waals surface area contributed by atoms with Crippen molar-refractivity contribution >= 4 is 11.0 Å². The van der Waals surface area contributed by atoms with Gasteiger partial charge in [-0.15, -0.1) is 0 Å². The van der Waals surface area contributed by atoms with Gasteiger partial charge in [0.05, 0.1) is 33.5 Å². The molecule has 2 aromatic heterocycles. The monoisotopic (exact) mass is 790 g/mol. The van der Waals surface area contributed by atoms with Crippen LogP contribution in [0.3, 0.4) is 0 Å². The van der Waals surface area contributed by atoms with Gasteiger partial charge in [-0.25, -0.2) is 4.98 Å². The molecule has 0 aliphatic rings. The summed E-state index contributed by atoms with van der Waals surface area (Å²) in [7, 11) is 0. The van der Waals surface area contributed by atoms with Gasteiger partial charge < -0.3 is 5.11 Å². The van der Waals surface area contributed by atoms with Crippen LogP contribution in [0.5, 0.6) is 5.75 Å². The van der Waals surface area contributed by atoms with Gasteiger partial charge in [-0.2, -0.15) is 0 Å². The number of para-hydroxylation sites is 1. The van der Waals surface area contributed by atoms with Gasteiger partial charge in [0.15, 0.2) is 0 Å². The first-order chi connectivity index (χ1) is 34.6. The van der Waals surface area contributed by atoms with E-state index < -0.39 is 79.3 Å². The molecule has 8 rings (SSSR count). The first-order valence-corrected chi connectivity index (χ1v) is 19.4. The lowest BCUT2D eigenvalue weighted by molar-refractivity contribution is 0.475. The molecule has 4 heteroatoms. The first kappa shape index (κ1) is 24.6. The summed E-state index contributed by atoms with van der Waals surface area (Å²) in [5, 5.41) is 11.9. The molecule has 6 aromatic carbocycles. The van der Waals surface area contributed by atoms with E-state index in [4.69, 9.17) is 31.9 Å². The largest absolute Gasteiger partial charge is 0.507 e. The van der Waals surface area contributed by atoms with Gasteiger partial charge in [0.2, 0.25) is 0 Å². The number of benzene rings is 6. The smallest absolute Gasteiger partial charge is 0.149 e. The van der Waals surface area contributed by atoms with E-state index in [9.17, 15) is 5.11 Å². The number of phenolic OH excluding ortho intramolecular Hbond substituents is 1. The Labute approximate surface area is 372 Å². The number of nitrogens with zero attached hydrogens (tertiary/aromatic N) is 3. The van der Waals surface area contributed by atoms with Crippen LogP contribution in [0.2, 0.25) is 0 Å². The maximum absolute atomic E-state index is 11.9. The predicted octanol–water partition coefficient (Wildman–Crippen LogP) is 14.7. The van der Waals surface area contributed by atoms with Gasteiger partial charge in [-0.3, -0.25) is 9.55 Å². The molecular weight excluding hydrogens is 719 g/mol. The van der Waals surface area contributed by atoms with Crippen molar-refractivity contribution in [2.75, 3.05) is 0 Å². The summed E-state index contributed by atoms with van der Waals surface area (Å²) in [5.41, 5.74) is 1.75. The third kappa shape index (κ3) is 7.84. The molecule has 0 atom stereocenters. The summed E-state index contributed by atoms with van der Waals surface area (Å²) >= 11 is 0. The Balaban J connectivity index is 1.46. The summed E-state index contributed by atoms with van der Waals surface area (Å²) in [6.07, 6.45) is 1.47. The molecule has 1 N–H and O–H groups in total. The van der Waals surface area contributed by atoms with Gasteiger partial charge in [0.1, 0.15) is 11.6 Å². The Kier molecular flexibility index (Phi) is 6.19. The van der Waals surface area contributed by atoms with Crippen LogP contribution < -0.4 is 0 Å². The molecule has 0 spiro atoms. The molecule has 8 aromatic rings. The van der Waals surface area contributed by atoms with E-state index in [0.29, 0.717) is 39.1 Å². The topological polar surface area (TPSA) is 50.9 Å². The quantitative estimate of drug-likeness (QED) is 0.183. The molecule has 2 heterocycles. The Hall–Kier alpha value is -6.26. The number of pyridine rings is 1. The lowest BCUT2D eigenvalue weighted by atomic mass is 9.83. The highest BCUT2D eigenvalue weighted by atomic mass is 16.3. The fourth-order valence-corrected chi connectivity index (χ4v) is 7.32. The van der Waals surface area contributed by atoms with Gasteiger partial charge in [-0.1, -0.05) is 152 Å². The van der Waals surface area contributed by atoms with Crippen molar-refractivity contribution in [3.05, 3.63) is 168 Å². The van der Waals surface area contributed by atoms with E-state index in [2.05, 4.69) is 26.8 Å². The van der Waals surface area contributed by atoms with Crippen LogP contribution in [0.4, 0.5) is 0 Å². The molecule has 0 saturated carbocycles. The van der Waals surface area contributed by atoms with Crippen LogP contribution in [-0.2, 0) is 16.2 Å². The summed E-state index contributed by atoms with van der Waals surface area (Å²) in [4.78, 5) is 9.96. The highest BCUT2D eigenvalue weighted by Gasteiger charge is 2.26. The second-order valence-electron chi connectivity index (χ2n) is 17.0. The van der Waals surface area contributed by atoms with Crippen molar-refractivity contribution in [3.63, 3.8) is 0 Å². The Morgan fingerprint density at radius 3 is 1.97 bits per heavy atom. The summed E-state index contributed by atoms with van der Waals surface area (Å²) in [5.74, 6) is -0.392. The maximum Gasteiger partial charge on any atom is 0.149 e. The predicted molar refractivity (Wildman–Crippen MR) is 249 cm³/mol. The molecule has 0 radical (unpaired) electrons. The van der Waals surface area contributed by atoms with E-state index in [1.54, 1.807) is 10.6 Å². The van der Waals surface area contributed by atoms with Crippen molar-refractivity contribution in [2.24, 2.45) is 0 Å². The highest BCUT2D eigenvalue weighted by Crippen LogP contribution is 2.43. The molecular formula is C55H55N3O. The minimum absolute atomic E-state index is 0.0408. The molecule has 0 bridgehead atoms. The average Bonchev–Trinajstić information content (AvgIpc) is 3.69. The summed E-state index contributed by atoms with van der Waals surface area (Å²) in [6.45, 7) is -1.31.